The summed E-state index contributed by atoms with van der Waals surface area (Å²) in [7, 11) is 0. The molecule has 0 spiro atoms. The Morgan fingerprint density at radius 1 is 1.29 bits per heavy atom. The van der Waals surface area contributed by atoms with Crippen molar-refractivity contribution in [3.05, 3.63) is 58.6 Å². The van der Waals surface area contributed by atoms with Gasteiger partial charge in [0.2, 0.25) is 0 Å². The fourth-order valence-electron chi connectivity index (χ4n) is 2.09. The second-order valence-corrected chi connectivity index (χ2v) is 5.81. The Kier molecular flexibility index (Phi) is 4.76. The highest BCUT2D eigenvalue weighted by Gasteiger charge is 2.12. The number of furan rings is 1. The molecule has 3 rings (SSSR count). The lowest BCUT2D eigenvalue weighted by atomic mass is 10.2. The number of H-pyrrole nitrogens is 1. The molecule has 0 bridgehead atoms. The van der Waals surface area contributed by atoms with Crippen LogP contribution in [0.15, 0.2) is 56.8 Å². The minimum absolute atomic E-state index is 0.138. The van der Waals surface area contributed by atoms with Gasteiger partial charge in [-0.25, -0.2) is 5.43 Å². The van der Waals surface area contributed by atoms with Crippen LogP contribution in [0.3, 0.4) is 0 Å². The fourth-order valence-corrected chi connectivity index (χ4v) is 2.45. The molecule has 0 aliphatic carbocycles. The number of hydrogen-bond acceptors (Lipinski definition) is 4. The van der Waals surface area contributed by atoms with E-state index in [-0.39, 0.29) is 6.54 Å². The van der Waals surface area contributed by atoms with Gasteiger partial charge in [0.15, 0.2) is 0 Å². The number of benzene rings is 1. The number of carbonyl (C=O) groups excluding carboxylic acids is 2. The van der Waals surface area contributed by atoms with E-state index < -0.39 is 11.8 Å². The molecule has 0 saturated heterocycles. The van der Waals surface area contributed by atoms with Crippen molar-refractivity contribution in [1.82, 2.24) is 15.7 Å². The number of nitrogens with one attached hydrogen (secondary N) is 3. The highest BCUT2D eigenvalue weighted by molar-refractivity contribution is 9.10. The molecule has 0 saturated carbocycles. The summed E-state index contributed by atoms with van der Waals surface area (Å²) < 4.78 is 6.00. The Balaban J connectivity index is 1.57. The van der Waals surface area contributed by atoms with Crippen LogP contribution in [0, 0.1) is 0 Å². The molecule has 0 aliphatic rings. The van der Waals surface area contributed by atoms with Crippen LogP contribution in [0.2, 0.25) is 0 Å². The number of amides is 2. The van der Waals surface area contributed by atoms with Gasteiger partial charge < -0.3 is 14.7 Å². The molecular weight excluding hydrogens is 376 g/mol. The van der Waals surface area contributed by atoms with Crippen molar-refractivity contribution in [2.45, 2.75) is 6.54 Å². The van der Waals surface area contributed by atoms with Gasteiger partial charge in [-0.1, -0.05) is 15.9 Å². The molecule has 2 heterocycles. The van der Waals surface area contributed by atoms with Gasteiger partial charge in [-0.2, -0.15) is 5.10 Å². The molecule has 122 valence electrons. The van der Waals surface area contributed by atoms with E-state index in [0.29, 0.717) is 5.76 Å². The maximum absolute atomic E-state index is 11.7. The number of fused-ring (bicyclic) bond motifs is 1. The van der Waals surface area contributed by atoms with Gasteiger partial charge in [-0.15, -0.1) is 0 Å². The third-order valence-corrected chi connectivity index (χ3v) is 3.75. The van der Waals surface area contributed by atoms with Crippen molar-refractivity contribution in [3.8, 4) is 0 Å². The molecule has 7 nitrogen and oxygen atoms in total. The van der Waals surface area contributed by atoms with E-state index >= 15 is 0 Å². The van der Waals surface area contributed by atoms with Crippen molar-refractivity contribution in [2.75, 3.05) is 0 Å². The summed E-state index contributed by atoms with van der Waals surface area (Å²) in [5.41, 5.74) is 3.93. The predicted molar refractivity (Wildman–Crippen MR) is 92.3 cm³/mol. The highest BCUT2D eigenvalue weighted by atomic mass is 79.9. The van der Waals surface area contributed by atoms with Crippen molar-refractivity contribution < 1.29 is 14.0 Å². The number of rotatable bonds is 4. The van der Waals surface area contributed by atoms with Crippen molar-refractivity contribution in [2.24, 2.45) is 5.10 Å². The molecular formula is C16H13BrN4O3. The molecule has 0 atom stereocenters. The van der Waals surface area contributed by atoms with Crippen LogP contribution in [0.25, 0.3) is 10.9 Å². The normalized spacial score (nSPS) is 11.0. The van der Waals surface area contributed by atoms with E-state index in [1.165, 1.54) is 12.5 Å². The van der Waals surface area contributed by atoms with Crippen molar-refractivity contribution >= 4 is 44.9 Å². The standard InChI is InChI=1S/C16H13BrN4O3/c17-11-3-4-14-13(6-11)10(7-18-14)8-20-21-16(23)15(22)19-9-12-2-1-5-24-12/h1-8,18H,9H2,(H,19,22)(H,21,23)/b20-8+. The first-order valence-electron chi connectivity index (χ1n) is 7.04. The van der Waals surface area contributed by atoms with E-state index in [2.05, 4.69) is 36.8 Å². The third kappa shape index (κ3) is 3.72. The zero-order valence-electron chi connectivity index (χ0n) is 12.4. The van der Waals surface area contributed by atoms with Crippen molar-refractivity contribution in [1.29, 1.82) is 0 Å². The minimum Gasteiger partial charge on any atom is -0.467 e. The number of halogens is 1. The lowest BCUT2D eigenvalue weighted by Gasteiger charge is -2.01. The average Bonchev–Trinajstić information content (AvgIpc) is 3.22. The molecule has 0 unspecified atom stereocenters. The SMILES string of the molecule is O=C(NCc1ccco1)C(=O)N/N=C/c1c[nH]c2ccc(Br)cc12. The first kappa shape index (κ1) is 16.0. The Morgan fingerprint density at radius 3 is 2.96 bits per heavy atom. The van der Waals surface area contributed by atoms with Crippen LogP contribution in [-0.4, -0.2) is 23.0 Å². The summed E-state index contributed by atoms with van der Waals surface area (Å²) in [4.78, 5) is 26.4. The Bertz CT molecular complexity index is 899. The molecule has 2 aromatic heterocycles. The summed E-state index contributed by atoms with van der Waals surface area (Å²) in [5, 5.41) is 7.20. The van der Waals surface area contributed by atoms with Gasteiger partial charge in [0.25, 0.3) is 0 Å². The van der Waals surface area contributed by atoms with Crippen LogP contribution in [-0.2, 0) is 16.1 Å². The summed E-state index contributed by atoms with van der Waals surface area (Å²) >= 11 is 3.41. The number of carbonyl (C=O) groups is 2. The summed E-state index contributed by atoms with van der Waals surface area (Å²) in [6, 6.07) is 9.18. The fraction of sp³-hybridized carbons (Fsp3) is 0.0625. The first-order valence-corrected chi connectivity index (χ1v) is 7.83. The molecule has 3 N–H and O–H groups in total. The zero-order valence-corrected chi connectivity index (χ0v) is 14.0. The maximum Gasteiger partial charge on any atom is 0.329 e. The number of aromatic nitrogens is 1. The molecule has 24 heavy (non-hydrogen) atoms. The van der Waals surface area contributed by atoms with Crippen LogP contribution in [0.5, 0.6) is 0 Å². The van der Waals surface area contributed by atoms with E-state index in [1.54, 1.807) is 18.3 Å². The maximum atomic E-state index is 11.7. The second kappa shape index (κ2) is 7.14. The second-order valence-electron chi connectivity index (χ2n) is 4.90. The molecule has 1 aromatic carbocycles. The number of hydrazone groups is 1. The van der Waals surface area contributed by atoms with Gasteiger partial charge in [0, 0.05) is 27.1 Å². The van der Waals surface area contributed by atoms with E-state index in [9.17, 15) is 9.59 Å². The third-order valence-electron chi connectivity index (χ3n) is 3.26. The lowest BCUT2D eigenvalue weighted by molar-refractivity contribution is -0.139. The molecule has 0 fully saturated rings. The smallest absolute Gasteiger partial charge is 0.329 e. The van der Waals surface area contributed by atoms with E-state index in [1.807, 2.05) is 18.2 Å². The van der Waals surface area contributed by atoms with Gasteiger partial charge >= 0.3 is 11.8 Å². The van der Waals surface area contributed by atoms with E-state index in [0.717, 1.165) is 20.9 Å². The summed E-state index contributed by atoms with van der Waals surface area (Å²) in [6.45, 7) is 0.138. The van der Waals surface area contributed by atoms with Gasteiger partial charge in [-0.05, 0) is 30.3 Å². The average molecular weight is 389 g/mol. The largest absolute Gasteiger partial charge is 0.467 e. The number of aromatic amines is 1. The predicted octanol–water partition coefficient (Wildman–Crippen LogP) is 2.29. The Morgan fingerprint density at radius 2 is 2.17 bits per heavy atom. The highest BCUT2D eigenvalue weighted by Crippen LogP contribution is 2.21. The topological polar surface area (TPSA) is 99.5 Å². The number of nitrogens with zero attached hydrogens (tertiary/aromatic N) is 1. The first-order chi connectivity index (χ1) is 11.6. The van der Waals surface area contributed by atoms with Crippen molar-refractivity contribution in [3.63, 3.8) is 0 Å². The minimum atomic E-state index is -0.848. The monoisotopic (exact) mass is 388 g/mol. The van der Waals surface area contributed by atoms with Crippen LogP contribution >= 0.6 is 15.9 Å². The van der Waals surface area contributed by atoms with Gasteiger partial charge in [0.1, 0.15) is 5.76 Å². The van der Waals surface area contributed by atoms with Crippen LogP contribution in [0.4, 0.5) is 0 Å². The molecule has 2 amide bonds. The summed E-state index contributed by atoms with van der Waals surface area (Å²) in [6.07, 6.45) is 4.73. The lowest BCUT2D eigenvalue weighted by Crippen LogP contribution is -2.37. The van der Waals surface area contributed by atoms with E-state index in [4.69, 9.17) is 4.42 Å². The molecule has 3 aromatic rings. The molecule has 8 heteroatoms. The van der Waals surface area contributed by atoms with Crippen LogP contribution in [0.1, 0.15) is 11.3 Å². The molecule has 0 aliphatic heterocycles. The summed E-state index contributed by atoms with van der Waals surface area (Å²) in [5.74, 6) is -1.08. The Labute approximate surface area is 145 Å². The zero-order chi connectivity index (χ0) is 16.9. The van der Waals surface area contributed by atoms with Gasteiger partial charge in [0.05, 0.1) is 19.0 Å². The Hall–Kier alpha value is -2.87. The quantitative estimate of drug-likeness (QED) is 0.363. The van der Waals surface area contributed by atoms with Gasteiger partial charge in [-0.3, -0.25) is 9.59 Å². The number of hydrogen-bond donors (Lipinski definition) is 3. The van der Waals surface area contributed by atoms with Crippen LogP contribution < -0.4 is 10.7 Å². The molecule has 0 radical (unpaired) electrons.